The summed E-state index contributed by atoms with van der Waals surface area (Å²) in [5.41, 5.74) is 4.07. The Morgan fingerprint density at radius 2 is 1.85 bits per heavy atom. The van der Waals surface area contributed by atoms with Crippen LogP contribution in [-0.2, 0) is 14.3 Å². The van der Waals surface area contributed by atoms with E-state index < -0.39 is 23.6 Å². The van der Waals surface area contributed by atoms with Crippen molar-refractivity contribution in [3.63, 3.8) is 0 Å². The lowest BCUT2D eigenvalue weighted by Gasteiger charge is -2.22. The number of benzene rings is 1. The van der Waals surface area contributed by atoms with Gasteiger partial charge in [0.05, 0.1) is 12.3 Å². The van der Waals surface area contributed by atoms with Gasteiger partial charge in [0.1, 0.15) is 11.6 Å². The van der Waals surface area contributed by atoms with Crippen molar-refractivity contribution in [1.82, 2.24) is 15.3 Å². The number of aryl methyl sites for hydroxylation is 1. The van der Waals surface area contributed by atoms with Gasteiger partial charge in [-0.25, -0.2) is 9.78 Å². The highest BCUT2D eigenvalue weighted by Gasteiger charge is 2.25. The van der Waals surface area contributed by atoms with Gasteiger partial charge in [0.25, 0.3) is 5.91 Å². The Labute approximate surface area is 197 Å². The number of carbonyl (C=O) groups is 2. The van der Waals surface area contributed by atoms with Crippen LogP contribution in [0.3, 0.4) is 0 Å². The highest BCUT2D eigenvalue weighted by Crippen LogP contribution is 2.29. The van der Waals surface area contributed by atoms with Crippen LogP contribution in [0.25, 0.3) is 22.4 Å². The van der Waals surface area contributed by atoms with Crippen molar-refractivity contribution in [2.75, 3.05) is 19.0 Å². The summed E-state index contributed by atoms with van der Waals surface area (Å²) in [6, 6.07) is 11.1. The number of hydrogen-bond donors (Lipinski definition) is 2. The molecule has 2 amide bonds. The quantitative estimate of drug-likeness (QED) is 0.523. The molecule has 1 aromatic carbocycles. The van der Waals surface area contributed by atoms with Crippen molar-refractivity contribution in [1.29, 1.82) is 0 Å². The summed E-state index contributed by atoms with van der Waals surface area (Å²) in [6.45, 7) is 7.20. The molecule has 9 heteroatoms. The van der Waals surface area contributed by atoms with Crippen LogP contribution in [0.5, 0.6) is 0 Å². The van der Waals surface area contributed by atoms with Gasteiger partial charge in [-0.05, 0) is 57.0 Å². The number of thiazole rings is 1. The number of rotatable bonds is 7. The molecule has 0 aliphatic heterocycles. The number of carbonyl (C=O) groups excluding carboxylic acids is 2. The Morgan fingerprint density at radius 1 is 1.12 bits per heavy atom. The maximum atomic E-state index is 12.7. The molecule has 0 aliphatic carbocycles. The van der Waals surface area contributed by atoms with Gasteiger partial charge in [-0.15, -0.1) is 11.3 Å². The van der Waals surface area contributed by atoms with Gasteiger partial charge in [0.2, 0.25) is 0 Å². The second-order valence-corrected chi connectivity index (χ2v) is 9.31. The number of aromatic nitrogens is 2. The predicted molar refractivity (Wildman–Crippen MR) is 129 cm³/mol. The van der Waals surface area contributed by atoms with E-state index in [1.165, 1.54) is 18.4 Å². The van der Waals surface area contributed by atoms with Crippen molar-refractivity contribution in [3.8, 4) is 22.4 Å². The lowest BCUT2D eigenvalue weighted by Crippen LogP contribution is -2.48. The number of anilines is 1. The molecule has 2 N–H and O–H groups in total. The third kappa shape index (κ3) is 7.10. The van der Waals surface area contributed by atoms with Crippen molar-refractivity contribution in [2.45, 2.75) is 39.3 Å². The zero-order valence-corrected chi connectivity index (χ0v) is 20.2. The molecule has 0 saturated carbocycles. The van der Waals surface area contributed by atoms with Gasteiger partial charge in [0, 0.05) is 29.9 Å². The Balaban J connectivity index is 1.71. The number of pyridine rings is 1. The van der Waals surface area contributed by atoms with Gasteiger partial charge >= 0.3 is 6.09 Å². The average molecular weight is 469 g/mol. The molecule has 0 aliphatic rings. The first-order chi connectivity index (χ1) is 15.6. The van der Waals surface area contributed by atoms with Crippen LogP contribution in [0.2, 0.25) is 0 Å². The molecular formula is C24H28N4O4S. The summed E-state index contributed by atoms with van der Waals surface area (Å²) in [7, 11) is 1.45. The van der Waals surface area contributed by atoms with Crippen LogP contribution in [0.1, 0.15) is 26.5 Å². The molecule has 8 nitrogen and oxygen atoms in total. The molecule has 0 radical (unpaired) electrons. The lowest BCUT2D eigenvalue weighted by molar-refractivity contribution is -0.119. The van der Waals surface area contributed by atoms with E-state index in [1.54, 1.807) is 27.0 Å². The summed E-state index contributed by atoms with van der Waals surface area (Å²) in [5.74, 6) is -0.440. The smallest absolute Gasteiger partial charge is 0.408 e. The van der Waals surface area contributed by atoms with E-state index in [0.717, 1.165) is 28.1 Å². The molecule has 33 heavy (non-hydrogen) atoms. The van der Waals surface area contributed by atoms with Crippen LogP contribution in [0.15, 0.2) is 48.0 Å². The second kappa shape index (κ2) is 10.5. The average Bonchev–Trinajstić information content (AvgIpc) is 3.21. The number of ether oxygens (including phenoxy) is 2. The van der Waals surface area contributed by atoms with E-state index in [4.69, 9.17) is 9.47 Å². The van der Waals surface area contributed by atoms with Crippen LogP contribution in [-0.4, -0.2) is 47.3 Å². The van der Waals surface area contributed by atoms with E-state index in [2.05, 4.69) is 20.6 Å². The topological polar surface area (TPSA) is 102 Å². The number of nitrogens with one attached hydrogen (secondary N) is 2. The van der Waals surface area contributed by atoms with Gasteiger partial charge in [0.15, 0.2) is 5.13 Å². The molecule has 2 heterocycles. The summed E-state index contributed by atoms with van der Waals surface area (Å²) >= 11 is 1.30. The number of alkyl carbamates (subject to hydrolysis) is 1. The Kier molecular flexibility index (Phi) is 7.78. The van der Waals surface area contributed by atoms with Crippen molar-refractivity contribution in [3.05, 3.63) is 53.7 Å². The largest absolute Gasteiger partial charge is 0.444 e. The normalized spacial score (nSPS) is 12.2. The Hall–Kier alpha value is -3.30. The molecular weight excluding hydrogens is 440 g/mol. The Bertz CT molecular complexity index is 1120. The lowest BCUT2D eigenvalue weighted by atomic mass is 10.0. The highest BCUT2D eigenvalue weighted by atomic mass is 32.1. The van der Waals surface area contributed by atoms with E-state index in [9.17, 15) is 9.59 Å². The molecule has 1 unspecified atom stereocenters. The third-order valence-electron chi connectivity index (χ3n) is 4.46. The first kappa shape index (κ1) is 24.3. The highest BCUT2D eigenvalue weighted by molar-refractivity contribution is 7.14. The van der Waals surface area contributed by atoms with Crippen molar-refractivity contribution >= 4 is 28.5 Å². The number of nitrogens with zero attached hydrogens (tertiary/aromatic N) is 2. The van der Waals surface area contributed by atoms with Gasteiger partial charge in [-0.1, -0.05) is 18.2 Å². The van der Waals surface area contributed by atoms with E-state index >= 15 is 0 Å². The van der Waals surface area contributed by atoms with E-state index in [0.29, 0.717) is 5.13 Å². The molecule has 0 spiro atoms. The minimum Gasteiger partial charge on any atom is -0.444 e. The molecule has 1 atom stereocenters. The van der Waals surface area contributed by atoms with Gasteiger partial charge in [-0.2, -0.15) is 0 Å². The number of amides is 2. The molecule has 3 rings (SSSR count). The summed E-state index contributed by atoms with van der Waals surface area (Å²) in [5, 5.41) is 7.58. The maximum Gasteiger partial charge on any atom is 0.408 e. The fourth-order valence-corrected chi connectivity index (χ4v) is 3.76. The third-order valence-corrected chi connectivity index (χ3v) is 5.22. The van der Waals surface area contributed by atoms with Crippen LogP contribution in [0.4, 0.5) is 9.93 Å². The number of methoxy groups -OCH3 is 1. The standard InChI is InChI=1S/C24H28N4O4S/c1-15-11-17(9-10-25-15)16-7-6-8-18(12-16)20-14-33-22(26-20)28-21(29)19(13-31-5)27-23(30)32-24(2,3)4/h6-12,14,19H,13H2,1-5H3,(H,27,30)(H,26,28,29). The first-order valence-corrected chi connectivity index (χ1v) is 11.3. The zero-order valence-electron chi connectivity index (χ0n) is 19.3. The Morgan fingerprint density at radius 3 is 2.55 bits per heavy atom. The molecule has 2 aromatic heterocycles. The van der Waals surface area contributed by atoms with E-state index in [1.807, 2.05) is 48.7 Å². The summed E-state index contributed by atoms with van der Waals surface area (Å²) in [4.78, 5) is 33.6. The molecule has 0 saturated heterocycles. The minimum absolute atomic E-state index is 0.00327. The van der Waals surface area contributed by atoms with Gasteiger partial charge < -0.3 is 20.1 Å². The first-order valence-electron chi connectivity index (χ1n) is 10.4. The second-order valence-electron chi connectivity index (χ2n) is 8.45. The molecule has 174 valence electrons. The maximum absolute atomic E-state index is 12.7. The molecule has 0 fully saturated rings. The minimum atomic E-state index is -0.921. The monoisotopic (exact) mass is 468 g/mol. The SMILES string of the molecule is COCC(NC(=O)OC(C)(C)C)C(=O)Nc1nc(-c2cccc(-c3ccnc(C)c3)c2)cs1. The van der Waals surface area contributed by atoms with Crippen LogP contribution < -0.4 is 10.6 Å². The number of hydrogen-bond acceptors (Lipinski definition) is 7. The summed E-state index contributed by atoms with van der Waals surface area (Å²) < 4.78 is 10.3. The molecule has 3 aromatic rings. The van der Waals surface area contributed by atoms with Crippen molar-refractivity contribution < 1.29 is 19.1 Å². The predicted octanol–water partition coefficient (Wildman–Crippen LogP) is 4.66. The van der Waals surface area contributed by atoms with Gasteiger partial charge in [-0.3, -0.25) is 9.78 Å². The molecule has 0 bridgehead atoms. The summed E-state index contributed by atoms with van der Waals surface area (Å²) in [6.07, 6.45) is 1.10. The fourth-order valence-electron chi connectivity index (χ4n) is 3.04. The fraction of sp³-hybridized carbons (Fsp3) is 0.333. The van der Waals surface area contributed by atoms with Crippen LogP contribution >= 0.6 is 11.3 Å². The van der Waals surface area contributed by atoms with Crippen LogP contribution in [0, 0.1) is 6.92 Å². The van der Waals surface area contributed by atoms with E-state index in [-0.39, 0.29) is 6.61 Å². The zero-order chi connectivity index (χ0) is 24.0. The van der Waals surface area contributed by atoms with Crippen molar-refractivity contribution in [2.24, 2.45) is 0 Å².